The minimum atomic E-state index is -0.0797. The van der Waals surface area contributed by atoms with E-state index in [1.807, 2.05) is 31.4 Å². The van der Waals surface area contributed by atoms with Crippen molar-refractivity contribution in [1.29, 1.82) is 5.41 Å². The van der Waals surface area contributed by atoms with Gasteiger partial charge in [0.15, 0.2) is 0 Å². The summed E-state index contributed by atoms with van der Waals surface area (Å²) < 4.78 is 1.76. The van der Waals surface area contributed by atoms with Crippen LogP contribution in [-0.2, 0) is 13.6 Å². The number of amidine groups is 1. The van der Waals surface area contributed by atoms with Gasteiger partial charge in [-0.05, 0) is 0 Å². The summed E-state index contributed by atoms with van der Waals surface area (Å²) in [7, 11) is 3.80. The van der Waals surface area contributed by atoms with E-state index in [-0.39, 0.29) is 5.84 Å². The molecule has 18 heavy (non-hydrogen) atoms. The molecule has 2 aromatic heterocycles. The first-order valence-corrected chi connectivity index (χ1v) is 5.41. The van der Waals surface area contributed by atoms with Gasteiger partial charge < -0.3 is 10.6 Å². The van der Waals surface area contributed by atoms with Gasteiger partial charge >= 0.3 is 0 Å². The molecule has 2 rings (SSSR count). The van der Waals surface area contributed by atoms with E-state index in [1.165, 1.54) is 6.20 Å². The summed E-state index contributed by atoms with van der Waals surface area (Å²) in [6.07, 6.45) is 6.87. The fourth-order valence-corrected chi connectivity index (χ4v) is 1.57. The van der Waals surface area contributed by atoms with Gasteiger partial charge in [-0.15, -0.1) is 0 Å². The van der Waals surface area contributed by atoms with Crippen molar-refractivity contribution in [2.24, 2.45) is 12.8 Å². The van der Waals surface area contributed by atoms with Crippen molar-refractivity contribution in [3.63, 3.8) is 0 Å². The summed E-state index contributed by atoms with van der Waals surface area (Å²) in [6, 6.07) is 0. The van der Waals surface area contributed by atoms with Gasteiger partial charge in [-0.2, -0.15) is 5.10 Å². The van der Waals surface area contributed by atoms with E-state index in [2.05, 4.69) is 15.1 Å². The first-order valence-electron chi connectivity index (χ1n) is 5.41. The molecule has 0 unspecified atom stereocenters. The Morgan fingerprint density at radius 1 is 1.39 bits per heavy atom. The monoisotopic (exact) mass is 245 g/mol. The van der Waals surface area contributed by atoms with Gasteiger partial charge in [0.1, 0.15) is 17.3 Å². The van der Waals surface area contributed by atoms with Gasteiger partial charge in [-0.25, -0.2) is 9.97 Å². The number of hydrogen-bond acceptors (Lipinski definition) is 5. The second-order valence-corrected chi connectivity index (χ2v) is 4.05. The number of nitrogen functional groups attached to an aromatic ring is 1. The zero-order valence-corrected chi connectivity index (χ0v) is 10.3. The Balaban J connectivity index is 2.09. The molecule has 0 aliphatic rings. The topological polar surface area (TPSA) is 96.7 Å². The Bertz CT molecular complexity index is 543. The van der Waals surface area contributed by atoms with Crippen LogP contribution in [0, 0.1) is 5.41 Å². The summed E-state index contributed by atoms with van der Waals surface area (Å²) in [4.78, 5) is 10.2. The molecule has 0 atom stereocenters. The molecule has 0 aliphatic heterocycles. The van der Waals surface area contributed by atoms with Crippen LogP contribution in [-0.4, -0.2) is 32.6 Å². The van der Waals surface area contributed by atoms with Crippen LogP contribution < -0.4 is 10.6 Å². The smallest absolute Gasteiger partial charge is 0.147 e. The van der Waals surface area contributed by atoms with Crippen molar-refractivity contribution < 1.29 is 0 Å². The lowest BCUT2D eigenvalue weighted by atomic mass is 10.3. The molecule has 3 N–H and O–H groups in total. The molecule has 2 heterocycles. The van der Waals surface area contributed by atoms with E-state index < -0.39 is 0 Å². The average Bonchev–Trinajstić information content (AvgIpc) is 2.75. The fraction of sp³-hybridized carbons (Fsp3) is 0.273. The molecule has 0 spiro atoms. The molecule has 2 aromatic rings. The van der Waals surface area contributed by atoms with Crippen molar-refractivity contribution in [1.82, 2.24) is 19.7 Å². The second kappa shape index (κ2) is 4.82. The second-order valence-electron chi connectivity index (χ2n) is 4.05. The molecule has 0 amide bonds. The summed E-state index contributed by atoms with van der Waals surface area (Å²) in [5.41, 5.74) is 6.80. The van der Waals surface area contributed by atoms with Gasteiger partial charge in [-0.1, -0.05) is 0 Å². The number of nitrogens with one attached hydrogen (secondary N) is 1. The maximum Gasteiger partial charge on any atom is 0.147 e. The molecule has 0 aliphatic carbocycles. The summed E-state index contributed by atoms with van der Waals surface area (Å²) in [5, 5.41) is 11.4. The lowest BCUT2D eigenvalue weighted by Crippen LogP contribution is -2.19. The molecular weight excluding hydrogens is 230 g/mol. The minimum Gasteiger partial charge on any atom is -0.382 e. The van der Waals surface area contributed by atoms with Gasteiger partial charge in [0.2, 0.25) is 0 Å². The predicted octanol–water partition coefficient (Wildman–Crippen LogP) is 0.131. The molecule has 7 heteroatoms. The van der Waals surface area contributed by atoms with E-state index in [0.29, 0.717) is 12.2 Å². The maximum absolute atomic E-state index is 7.25. The summed E-state index contributed by atoms with van der Waals surface area (Å²) >= 11 is 0. The third-order valence-corrected chi connectivity index (χ3v) is 2.48. The number of nitrogens with two attached hydrogens (primary N) is 1. The lowest BCUT2D eigenvalue weighted by molar-refractivity contribution is 0.766. The first kappa shape index (κ1) is 12.0. The van der Waals surface area contributed by atoms with Crippen molar-refractivity contribution in [2.45, 2.75) is 6.54 Å². The first-order chi connectivity index (χ1) is 8.56. The van der Waals surface area contributed by atoms with Crippen LogP contribution in [0.1, 0.15) is 11.3 Å². The number of nitrogens with zero attached hydrogens (tertiary/aromatic N) is 5. The quantitative estimate of drug-likeness (QED) is 0.589. The number of aryl methyl sites for hydroxylation is 1. The van der Waals surface area contributed by atoms with E-state index in [1.54, 1.807) is 10.9 Å². The SMILES string of the molecule is CN(Cc1cnn(C)c1)c1cnc(C(=N)N)cn1. The van der Waals surface area contributed by atoms with Crippen LogP contribution in [0.2, 0.25) is 0 Å². The molecule has 7 nitrogen and oxygen atoms in total. The van der Waals surface area contributed by atoms with Crippen LogP contribution in [0.4, 0.5) is 5.82 Å². The van der Waals surface area contributed by atoms with Crippen molar-refractivity contribution >= 4 is 11.7 Å². The van der Waals surface area contributed by atoms with Gasteiger partial charge in [0.05, 0.1) is 18.6 Å². The third-order valence-electron chi connectivity index (χ3n) is 2.48. The number of anilines is 1. The van der Waals surface area contributed by atoms with Crippen LogP contribution in [0.5, 0.6) is 0 Å². The van der Waals surface area contributed by atoms with Gasteiger partial charge in [0, 0.05) is 32.4 Å². The summed E-state index contributed by atoms with van der Waals surface area (Å²) in [5.74, 6) is 0.646. The number of rotatable bonds is 4. The predicted molar refractivity (Wildman–Crippen MR) is 68.4 cm³/mol. The average molecular weight is 245 g/mol. The van der Waals surface area contributed by atoms with Crippen LogP contribution >= 0.6 is 0 Å². The standard InChI is InChI=1S/C11H15N7/c1-17(6-8-3-16-18(2)7-8)10-5-14-9(4-15-10)11(12)13/h3-5,7H,6H2,1-2H3,(H3,12,13). The molecule has 0 aromatic carbocycles. The maximum atomic E-state index is 7.25. The van der Waals surface area contributed by atoms with Gasteiger partial charge in [-0.3, -0.25) is 10.1 Å². The largest absolute Gasteiger partial charge is 0.382 e. The molecule has 0 bridgehead atoms. The lowest BCUT2D eigenvalue weighted by Gasteiger charge is -2.16. The number of aromatic nitrogens is 4. The Hall–Kier alpha value is -2.44. The van der Waals surface area contributed by atoms with E-state index in [0.717, 1.165) is 11.4 Å². The van der Waals surface area contributed by atoms with E-state index in [4.69, 9.17) is 11.1 Å². The normalized spacial score (nSPS) is 10.3. The molecule has 0 fully saturated rings. The molecule has 94 valence electrons. The zero-order chi connectivity index (χ0) is 13.1. The van der Waals surface area contributed by atoms with Crippen molar-refractivity contribution in [2.75, 3.05) is 11.9 Å². The Morgan fingerprint density at radius 2 is 2.17 bits per heavy atom. The number of hydrogen-bond donors (Lipinski definition) is 2. The van der Waals surface area contributed by atoms with E-state index in [9.17, 15) is 0 Å². The van der Waals surface area contributed by atoms with Crippen molar-refractivity contribution in [3.05, 3.63) is 36.0 Å². The highest BCUT2D eigenvalue weighted by molar-refractivity contribution is 5.92. The zero-order valence-electron chi connectivity index (χ0n) is 10.3. The van der Waals surface area contributed by atoms with Crippen LogP contribution in [0.15, 0.2) is 24.8 Å². The Kier molecular flexibility index (Phi) is 3.22. The molecular formula is C11H15N7. The van der Waals surface area contributed by atoms with Crippen LogP contribution in [0.3, 0.4) is 0 Å². The van der Waals surface area contributed by atoms with Crippen LogP contribution in [0.25, 0.3) is 0 Å². The molecule has 0 saturated heterocycles. The van der Waals surface area contributed by atoms with E-state index >= 15 is 0 Å². The third kappa shape index (κ3) is 2.62. The Morgan fingerprint density at radius 3 is 2.67 bits per heavy atom. The van der Waals surface area contributed by atoms with Gasteiger partial charge in [0.25, 0.3) is 0 Å². The minimum absolute atomic E-state index is 0.0797. The fourth-order valence-electron chi connectivity index (χ4n) is 1.57. The molecule has 0 radical (unpaired) electrons. The molecule has 0 saturated carbocycles. The van der Waals surface area contributed by atoms with Crippen molar-refractivity contribution in [3.8, 4) is 0 Å². The Labute approximate surface area is 105 Å². The highest BCUT2D eigenvalue weighted by Crippen LogP contribution is 2.10. The highest BCUT2D eigenvalue weighted by atomic mass is 15.2. The highest BCUT2D eigenvalue weighted by Gasteiger charge is 2.06. The summed E-state index contributed by atoms with van der Waals surface area (Å²) in [6.45, 7) is 0.696.